The molecule has 2 saturated heterocycles. The Morgan fingerprint density at radius 2 is 1.93 bits per heavy atom. The van der Waals surface area contributed by atoms with Crippen molar-refractivity contribution in [3.8, 4) is 0 Å². The molecule has 2 aliphatic heterocycles. The summed E-state index contributed by atoms with van der Waals surface area (Å²) in [5.74, 6) is 1.04. The van der Waals surface area contributed by atoms with Crippen LogP contribution in [0.15, 0.2) is 54.6 Å². The van der Waals surface area contributed by atoms with Gasteiger partial charge in [0.1, 0.15) is 0 Å². The van der Waals surface area contributed by atoms with Gasteiger partial charge in [0, 0.05) is 37.4 Å². The fourth-order valence-corrected chi connectivity index (χ4v) is 4.63. The summed E-state index contributed by atoms with van der Waals surface area (Å²) in [7, 11) is 0. The molecule has 5 nitrogen and oxygen atoms in total. The van der Waals surface area contributed by atoms with E-state index in [1.54, 1.807) is 4.90 Å². The minimum absolute atomic E-state index is 0.0641. The maximum atomic E-state index is 13.2. The van der Waals surface area contributed by atoms with Gasteiger partial charge >= 0.3 is 6.03 Å². The maximum Gasteiger partial charge on any atom is 0.321 e. The highest BCUT2D eigenvalue weighted by atomic mass is 16.2. The fraction of sp³-hybridized carbons (Fsp3) is 0.417. The molecule has 2 heterocycles. The van der Waals surface area contributed by atoms with Gasteiger partial charge in [-0.05, 0) is 48.4 Å². The van der Waals surface area contributed by atoms with E-state index in [9.17, 15) is 9.59 Å². The molecule has 0 radical (unpaired) electrons. The van der Waals surface area contributed by atoms with Crippen LogP contribution < -0.4 is 10.2 Å². The van der Waals surface area contributed by atoms with Gasteiger partial charge in [-0.15, -0.1) is 0 Å². The number of benzene rings is 2. The average Bonchev–Trinajstić information content (AvgIpc) is 2.79. The van der Waals surface area contributed by atoms with Gasteiger partial charge in [-0.3, -0.25) is 9.69 Å². The standard InChI is InChI=1S/C24H29N3O2/c1-2-18-17-26(15-12-22(18)19-8-4-3-5-9-19)23(28)20-10-6-11-21(16-20)27-14-7-13-25-24(27)29/h3-6,8-11,16,18,22H,2,7,12-15,17H2,1H3,(H,25,29). The van der Waals surface area contributed by atoms with E-state index in [2.05, 4.69) is 42.6 Å². The van der Waals surface area contributed by atoms with E-state index in [-0.39, 0.29) is 11.9 Å². The second-order valence-electron chi connectivity index (χ2n) is 8.01. The van der Waals surface area contributed by atoms with E-state index >= 15 is 0 Å². The van der Waals surface area contributed by atoms with Crippen molar-refractivity contribution in [2.75, 3.05) is 31.1 Å². The smallest absolute Gasteiger partial charge is 0.321 e. The third kappa shape index (κ3) is 4.14. The van der Waals surface area contributed by atoms with Crippen molar-refractivity contribution >= 4 is 17.6 Å². The van der Waals surface area contributed by atoms with Crippen LogP contribution in [0.1, 0.15) is 48.0 Å². The van der Waals surface area contributed by atoms with Crippen molar-refractivity contribution in [1.82, 2.24) is 10.2 Å². The molecule has 2 unspecified atom stereocenters. The zero-order chi connectivity index (χ0) is 20.2. The quantitative estimate of drug-likeness (QED) is 0.847. The Balaban J connectivity index is 1.49. The zero-order valence-corrected chi connectivity index (χ0v) is 17.0. The monoisotopic (exact) mass is 391 g/mol. The van der Waals surface area contributed by atoms with Crippen LogP contribution in [0.3, 0.4) is 0 Å². The number of likely N-dealkylation sites (tertiary alicyclic amines) is 1. The summed E-state index contributed by atoms with van der Waals surface area (Å²) >= 11 is 0. The van der Waals surface area contributed by atoms with Gasteiger partial charge in [0.25, 0.3) is 5.91 Å². The molecular formula is C24H29N3O2. The molecule has 0 aromatic heterocycles. The Hall–Kier alpha value is -2.82. The number of carbonyl (C=O) groups excluding carboxylic acids is 2. The Morgan fingerprint density at radius 3 is 2.69 bits per heavy atom. The molecule has 2 aromatic carbocycles. The molecule has 4 rings (SSSR count). The van der Waals surface area contributed by atoms with Crippen LogP contribution in [0.25, 0.3) is 0 Å². The fourth-order valence-electron chi connectivity index (χ4n) is 4.63. The summed E-state index contributed by atoms with van der Waals surface area (Å²) in [6, 6.07) is 18.1. The Morgan fingerprint density at radius 1 is 1.10 bits per heavy atom. The largest absolute Gasteiger partial charge is 0.338 e. The van der Waals surface area contributed by atoms with Gasteiger partial charge in [0.05, 0.1) is 0 Å². The lowest BCUT2D eigenvalue weighted by Gasteiger charge is -2.39. The second kappa shape index (κ2) is 8.68. The van der Waals surface area contributed by atoms with Crippen molar-refractivity contribution < 1.29 is 9.59 Å². The van der Waals surface area contributed by atoms with Gasteiger partial charge in [-0.25, -0.2) is 4.79 Å². The summed E-state index contributed by atoms with van der Waals surface area (Å²) in [5.41, 5.74) is 2.83. The minimum Gasteiger partial charge on any atom is -0.338 e. The predicted octanol–water partition coefficient (Wildman–Crippen LogP) is 4.26. The highest BCUT2D eigenvalue weighted by molar-refractivity contribution is 5.98. The first-order valence-electron chi connectivity index (χ1n) is 10.7. The van der Waals surface area contributed by atoms with Crippen molar-refractivity contribution in [3.05, 3.63) is 65.7 Å². The average molecular weight is 392 g/mol. The second-order valence-corrected chi connectivity index (χ2v) is 8.01. The molecule has 29 heavy (non-hydrogen) atoms. The lowest BCUT2D eigenvalue weighted by atomic mass is 9.79. The van der Waals surface area contributed by atoms with Crippen LogP contribution in [0.2, 0.25) is 0 Å². The van der Waals surface area contributed by atoms with Crippen molar-refractivity contribution in [3.63, 3.8) is 0 Å². The molecule has 2 aliphatic rings. The Labute approximate surface area is 172 Å². The van der Waals surface area contributed by atoms with E-state index in [0.29, 0.717) is 30.5 Å². The van der Waals surface area contributed by atoms with Crippen molar-refractivity contribution in [1.29, 1.82) is 0 Å². The van der Waals surface area contributed by atoms with Crippen molar-refractivity contribution in [2.24, 2.45) is 5.92 Å². The van der Waals surface area contributed by atoms with Crippen LogP contribution in [0.4, 0.5) is 10.5 Å². The van der Waals surface area contributed by atoms with Gasteiger partial charge in [0.2, 0.25) is 0 Å². The maximum absolute atomic E-state index is 13.2. The molecule has 2 fully saturated rings. The molecular weight excluding hydrogens is 362 g/mol. The lowest BCUT2D eigenvalue weighted by molar-refractivity contribution is 0.0645. The number of nitrogens with one attached hydrogen (secondary N) is 1. The summed E-state index contributed by atoms with van der Waals surface area (Å²) < 4.78 is 0. The molecule has 152 valence electrons. The van der Waals surface area contributed by atoms with Crippen LogP contribution in [-0.2, 0) is 0 Å². The number of carbonyl (C=O) groups is 2. The number of anilines is 1. The molecule has 0 spiro atoms. The normalized spacial score (nSPS) is 22.3. The molecule has 0 bridgehead atoms. The Kier molecular flexibility index (Phi) is 5.84. The number of hydrogen-bond acceptors (Lipinski definition) is 2. The van der Waals surface area contributed by atoms with E-state index in [1.807, 2.05) is 29.2 Å². The predicted molar refractivity (Wildman–Crippen MR) is 115 cm³/mol. The lowest BCUT2D eigenvalue weighted by Crippen LogP contribution is -2.46. The van der Waals surface area contributed by atoms with E-state index in [1.165, 1.54) is 5.56 Å². The number of piperidine rings is 1. The number of nitrogens with zero attached hydrogens (tertiary/aromatic N) is 2. The molecule has 5 heteroatoms. The highest BCUT2D eigenvalue weighted by Gasteiger charge is 2.32. The summed E-state index contributed by atoms with van der Waals surface area (Å²) in [5, 5.41) is 2.87. The Bertz CT molecular complexity index is 867. The molecule has 0 saturated carbocycles. The van der Waals surface area contributed by atoms with E-state index < -0.39 is 0 Å². The van der Waals surface area contributed by atoms with E-state index in [0.717, 1.165) is 38.0 Å². The summed E-state index contributed by atoms with van der Waals surface area (Å²) in [6.07, 6.45) is 2.95. The molecule has 1 N–H and O–H groups in total. The zero-order valence-electron chi connectivity index (χ0n) is 17.0. The summed E-state index contributed by atoms with van der Waals surface area (Å²) in [4.78, 5) is 29.1. The molecule has 2 atom stereocenters. The molecule has 2 aromatic rings. The number of rotatable bonds is 4. The number of urea groups is 1. The summed E-state index contributed by atoms with van der Waals surface area (Å²) in [6.45, 7) is 5.16. The molecule has 0 aliphatic carbocycles. The van der Waals surface area contributed by atoms with Crippen LogP contribution >= 0.6 is 0 Å². The van der Waals surface area contributed by atoms with Gasteiger partial charge in [-0.1, -0.05) is 49.7 Å². The van der Waals surface area contributed by atoms with E-state index in [4.69, 9.17) is 0 Å². The SMILES string of the molecule is CCC1CN(C(=O)c2cccc(N3CCCNC3=O)c2)CCC1c1ccccc1. The number of amides is 3. The first-order valence-corrected chi connectivity index (χ1v) is 10.7. The van der Waals surface area contributed by atoms with Crippen LogP contribution in [0.5, 0.6) is 0 Å². The first kappa shape index (κ1) is 19.5. The third-order valence-corrected chi connectivity index (χ3v) is 6.26. The van der Waals surface area contributed by atoms with Gasteiger partial charge < -0.3 is 10.2 Å². The van der Waals surface area contributed by atoms with Crippen LogP contribution in [-0.4, -0.2) is 43.0 Å². The number of hydrogen-bond donors (Lipinski definition) is 1. The highest BCUT2D eigenvalue weighted by Crippen LogP contribution is 2.35. The first-order chi connectivity index (χ1) is 14.2. The van der Waals surface area contributed by atoms with Crippen LogP contribution in [0, 0.1) is 5.92 Å². The van der Waals surface area contributed by atoms with Gasteiger partial charge in [-0.2, -0.15) is 0 Å². The minimum atomic E-state index is -0.0874. The molecule has 3 amide bonds. The topological polar surface area (TPSA) is 52.7 Å². The van der Waals surface area contributed by atoms with Gasteiger partial charge in [0.15, 0.2) is 0 Å². The van der Waals surface area contributed by atoms with Crippen molar-refractivity contribution in [2.45, 2.75) is 32.1 Å². The third-order valence-electron chi connectivity index (χ3n) is 6.26.